The van der Waals surface area contributed by atoms with E-state index in [-0.39, 0.29) is 0 Å². The fourth-order valence-electron chi connectivity index (χ4n) is 4.90. The lowest BCUT2D eigenvalue weighted by Crippen LogP contribution is -2.47. The van der Waals surface area contributed by atoms with E-state index in [9.17, 15) is 0 Å². The van der Waals surface area contributed by atoms with Gasteiger partial charge in [-0.25, -0.2) is 0 Å². The van der Waals surface area contributed by atoms with E-state index in [1.165, 1.54) is 96.7 Å². The van der Waals surface area contributed by atoms with Crippen LogP contribution in [0, 0.1) is 5.92 Å². The second-order valence-electron chi connectivity index (χ2n) is 7.43. The fourth-order valence-corrected chi connectivity index (χ4v) is 4.90. The third-order valence-electron chi connectivity index (χ3n) is 6.02. The number of hydrogen-bond acceptors (Lipinski definition) is 2. The van der Waals surface area contributed by atoms with E-state index >= 15 is 0 Å². The molecule has 2 heteroatoms. The summed E-state index contributed by atoms with van der Waals surface area (Å²) in [6.07, 6.45) is 17.5. The lowest BCUT2D eigenvalue weighted by molar-refractivity contribution is 0.0599. The molecule has 3 aliphatic rings. The Labute approximate surface area is 125 Å². The van der Waals surface area contributed by atoms with Gasteiger partial charge in [0.25, 0.3) is 0 Å². The van der Waals surface area contributed by atoms with Crippen LogP contribution in [-0.4, -0.2) is 36.6 Å². The largest absolute Gasteiger partial charge is 0.314 e. The standard InChI is InChI=1S/C18H34N2/c1-2-10-17(11-3-1)19-13-7-15-20-14-6-9-16-8-4-5-12-18(16)20/h16-19H,1-15H2. The third kappa shape index (κ3) is 3.98. The monoisotopic (exact) mass is 278 g/mol. The topological polar surface area (TPSA) is 15.3 Å². The summed E-state index contributed by atoms with van der Waals surface area (Å²) < 4.78 is 0. The van der Waals surface area contributed by atoms with Gasteiger partial charge in [0.2, 0.25) is 0 Å². The molecule has 2 nitrogen and oxygen atoms in total. The van der Waals surface area contributed by atoms with Crippen LogP contribution in [0.5, 0.6) is 0 Å². The fraction of sp³-hybridized carbons (Fsp3) is 1.00. The van der Waals surface area contributed by atoms with E-state index in [0.29, 0.717) is 0 Å². The minimum atomic E-state index is 0.840. The first-order valence-corrected chi connectivity index (χ1v) is 9.41. The molecule has 0 spiro atoms. The van der Waals surface area contributed by atoms with Gasteiger partial charge >= 0.3 is 0 Å². The van der Waals surface area contributed by atoms with Crippen LogP contribution in [0.3, 0.4) is 0 Å². The molecule has 1 N–H and O–H groups in total. The molecule has 20 heavy (non-hydrogen) atoms. The number of likely N-dealkylation sites (tertiary alicyclic amines) is 1. The summed E-state index contributed by atoms with van der Waals surface area (Å²) in [5.74, 6) is 1.05. The van der Waals surface area contributed by atoms with Crippen molar-refractivity contribution in [2.75, 3.05) is 19.6 Å². The van der Waals surface area contributed by atoms with Gasteiger partial charge in [-0.05, 0) is 70.5 Å². The maximum absolute atomic E-state index is 3.81. The molecular weight excluding hydrogens is 244 g/mol. The van der Waals surface area contributed by atoms with Crippen LogP contribution in [0.25, 0.3) is 0 Å². The first kappa shape index (κ1) is 14.8. The molecule has 2 atom stereocenters. The molecule has 0 aromatic carbocycles. The molecule has 2 aliphatic carbocycles. The van der Waals surface area contributed by atoms with Crippen molar-refractivity contribution in [1.82, 2.24) is 10.2 Å². The lowest BCUT2D eigenvalue weighted by Gasteiger charge is -2.44. The third-order valence-corrected chi connectivity index (χ3v) is 6.02. The molecule has 2 saturated carbocycles. The number of nitrogens with zero attached hydrogens (tertiary/aromatic N) is 1. The highest BCUT2D eigenvalue weighted by Gasteiger charge is 2.32. The van der Waals surface area contributed by atoms with Gasteiger partial charge in [0.05, 0.1) is 0 Å². The van der Waals surface area contributed by atoms with E-state index in [0.717, 1.165) is 18.0 Å². The van der Waals surface area contributed by atoms with Crippen molar-refractivity contribution in [2.45, 2.75) is 89.1 Å². The highest BCUT2D eigenvalue weighted by atomic mass is 15.2. The van der Waals surface area contributed by atoms with Crippen LogP contribution in [-0.2, 0) is 0 Å². The number of nitrogens with one attached hydrogen (secondary N) is 1. The van der Waals surface area contributed by atoms with E-state index in [4.69, 9.17) is 0 Å². The number of piperidine rings is 1. The predicted molar refractivity (Wildman–Crippen MR) is 86.0 cm³/mol. The molecule has 0 bridgehead atoms. The summed E-state index contributed by atoms with van der Waals surface area (Å²) >= 11 is 0. The molecular formula is C18H34N2. The maximum atomic E-state index is 3.81. The van der Waals surface area contributed by atoms with Crippen molar-refractivity contribution < 1.29 is 0 Å². The Morgan fingerprint density at radius 3 is 2.45 bits per heavy atom. The van der Waals surface area contributed by atoms with Gasteiger partial charge in [-0.1, -0.05) is 32.1 Å². The Bertz CT molecular complexity index is 271. The Balaban J connectivity index is 1.34. The average molecular weight is 278 g/mol. The van der Waals surface area contributed by atoms with Crippen LogP contribution >= 0.6 is 0 Å². The highest BCUT2D eigenvalue weighted by Crippen LogP contribution is 2.35. The molecule has 0 amide bonds. The molecule has 1 saturated heterocycles. The van der Waals surface area contributed by atoms with E-state index in [2.05, 4.69) is 10.2 Å². The van der Waals surface area contributed by atoms with Gasteiger partial charge in [0, 0.05) is 12.1 Å². The van der Waals surface area contributed by atoms with Crippen molar-refractivity contribution in [2.24, 2.45) is 5.92 Å². The summed E-state index contributed by atoms with van der Waals surface area (Å²) in [6, 6.07) is 1.79. The Kier molecular flexibility index (Phi) is 5.78. The van der Waals surface area contributed by atoms with E-state index in [1.807, 2.05) is 0 Å². The lowest BCUT2D eigenvalue weighted by atomic mass is 9.78. The molecule has 3 fully saturated rings. The highest BCUT2D eigenvalue weighted by molar-refractivity contribution is 4.87. The zero-order valence-corrected chi connectivity index (χ0v) is 13.3. The quantitative estimate of drug-likeness (QED) is 0.766. The van der Waals surface area contributed by atoms with Gasteiger partial charge in [0.15, 0.2) is 0 Å². The SMILES string of the molecule is C1CCC(NCCCN2CCCC3CCCCC32)CC1. The number of rotatable bonds is 5. The minimum absolute atomic E-state index is 0.840. The van der Waals surface area contributed by atoms with Crippen molar-refractivity contribution in [3.05, 3.63) is 0 Å². The van der Waals surface area contributed by atoms with Crippen LogP contribution in [0.1, 0.15) is 77.0 Å². The zero-order chi connectivity index (χ0) is 13.6. The molecule has 0 aromatic rings. The Hall–Kier alpha value is -0.0800. The van der Waals surface area contributed by atoms with Crippen molar-refractivity contribution in [3.8, 4) is 0 Å². The normalized spacial score (nSPS) is 33.0. The van der Waals surface area contributed by atoms with Gasteiger partial charge in [0.1, 0.15) is 0 Å². The Morgan fingerprint density at radius 1 is 0.800 bits per heavy atom. The van der Waals surface area contributed by atoms with Crippen LogP contribution in [0.15, 0.2) is 0 Å². The van der Waals surface area contributed by atoms with Gasteiger partial charge < -0.3 is 10.2 Å². The van der Waals surface area contributed by atoms with Crippen molar-refractivity contribution in [1.29, 1.82) is 0 Å². The molecule has 0 aromatic heterocycles. The van der Waals surface area contributed by atoms with Crippen LogP contribution < -0.4 is 5.32 Å². The second kappa shape index (κ2) is 7.79. The molecule has 1 aliphatic heterocycles. The first-order valence-electron chi connectivity index (χ1n) is 9.41. The molecule has 2 unspecified atom stereocenters. The average Bonchev–Trinajstić information content (AvgIpc) is 2.53. The van der Waals surface area contributed by atoms with Gasteiger partial charge in [-0.3, -0.25) is 0 Å². The van der Waals surface area contributed by atoms with Crippen LogP contribution in [0.4, 0.5) is 0 Å². The smallest absolute Gasteiger partial charge is 0.0123 e. The second-order valence-corrected chi connectivity index (χ2v) is 7.43. The Morgan fingerprint density at radius 2 is 1.55 bits per heavy atom. The van der Waals surface area contributed by atoms with E-state index < -0.39 is 0 Å². The minimum Gasteiger partial charge on any atom is -0.314 e. The molecule has 1 heterocycles. The molecule has 116 valence electrons. The van der Waals surface area contributed by atoms with E-state index in [1.54, 1.807) is 0 Å². The van der Waals surface area contributed by atoms with Gasteiger partial charge in [-0.2, -0.15) is 0 Å². The van der Waals surface area contributed by atoms with Gasteiger partial charge in [-0.15, -0.1) is 0 Å². The molecule has 3 rings (SSSR count). The summed E-state index contributed by atoms with van der Waals surface area (Å²) in [6.45, 7) is 3.98. The summed E-state index contributed by atoms with van der Waals surface area (Å²) in [7, 11) is 0. The summed E-state index contributed by atoms with van der Waals surface area (Å²) in [5.41, 5.74) is 0. The maximum Gasteiger partial charge on any atom is 0.0123 e. The van der Waals surface area contributed by atoms with Crippen molar-refractivity contribution in [3.63, 3.8) is 0 Å². The van der Waals surface area contributed by atoms with Crippen LogP contribution in [0.2, 0.25) is 0 Å². The summed E-state index contributed by atoms with van der Waals surface area (Å²) in [4.78, 5) is 2.84. The number of hydrogen-bond donors (Lipinski definition) is 1. The first-order chi connectivity index (χ1) is 9.93. The summed E-state index contributed by atoms with van der Waals surface area (Å²) in [5, 5.41) is 3.81. The molecule has 0 radical (unpaired) electrons. The predicted octanol–water partition coefficient (Wildman–Crippen LogP) is 3.95. The number of fused-ring (bicyclic) bond motifs is 1. The van der Waals surface area contributed by atoms with Crippen molar-refractivity contribution >= 4 is 0 Å². The zero-order valence-electron chi connectivity index (χ0n) is 13.3.